The van der Waals surface area contributed by atoms with Crippen molar-refractivity contribution in [3.63, 3.8) is 0 Å². The molecule has 0 atom stereocenters. The topological polar surface area (TPSA) is 81.4 Å². The fourth-order valence-electron chi connectivity index (χ4n) is 3.48. The number of fused-ring (bicyclic) bond motifs is 3. The highest BCUT2D eigenvalue weighted by Crippen LogP contribution is 2.42. The molecule has 2 amide bonds. The predicted octanol–water partition coefficient (Wildman–Crippen LogP) is 3.70. The van der Waals surface area contributed by atoms with Crippen LogP contribution in [0.5, 0.6) is 5.75 Å². The number of benzene rings is 3. The summed E-state index contributed by atoms with van der Waals surface area (Å²) >= 11 is 5.89. The molecule has 0 saturated heterocycles. The van der Waals surface area contributed by atoms with Gasteiger partial charge in [0.1, 0.15) is 5.75 Å². The fourth-order valence-corrected chi connectivity index (χ4v) is 3.65. The summed E-state index contributed by atoms with van der Waals surface area (Å²) in [5.41, 5.74) is 9.79. The molecular weight excluding hydrogens is 376 g/mol. The first-order chi connectivity index (χ1) is 13.5. The van der Waals surface area contributed by atoms with Gasteiger partial charge in [0.05, 0.1) is 11.6 Å². The highest BCUT2D eigenvalue weighted by atomic mass is 35.5. The number of hydrogen-bond donors (Lipinski definition) is 2. The third kappa shape index (κ3) is 3.32. The van der Waals surface area contributed by atoms with E-state index in [0.29, 0.717) is 5.02 Å². The van der Waals surface area contributed by atoms with E-state index in [9.17, 15) is 9.59 Å². The average molecular weight is 393 g/mol. The molecule has 4 rings (SSSR count). The Morgan fingerprint density at radius 2 is 1.57 bits per heavy atom. The maximum absolute atomic E-state index is 12.6. The molecular formula is C22H17ClN2O3. The van der Waals surface area contributed by atoms with Gasteiger partial charge in [0.25, 0.3) is 11.8 Å². The molecule has 140 valence electrons. The molecule has 0 heterocycles. The van der Waals surface area contributed by atoms with Crippen LogP contribution in [0.2, 0.25) is 5.02 Å². The minimum absolute atomic E-state index is 0.136. The van der Waals surface area contributed by atoms with Gasteiger partial charge in [-0.1, -0.05) is 60.1 Å². The van der Waals surface area contributed by atoms with Gasteiger partial charge in [-0.25, -0.2) is 0 Å². The Bertz CT molecular complexity index is 1040. The van der Waals surface area contributed by atoms with E-state index >= 15 is 0 Å². The lowest BCUT2D eigenvalue weighted by Gasteiger charge is -2.16. The number of halogens is 1. The standard InChI is InChI=1S/C22H17ClN2O3/c23-13-9-10-19(18(11-13)22(24)27)28-12-20(26)25-21-16-7-3-1-5-14(16)15-6-2-4-8-17(15)21/h1-11,21H,12H2,(H2,24,27)(H,25,26). The van der Waals surface area contributed by atoms with Gasteiger partial charge in [-0.15, -0.1) is 0 Å². The van der Waals surface area contributed by atoms with Crippen LogP contribution in [-0.2, 0) is 4.79 Å². The fraction of sp³-hybridized carbons (Fsp3) is 0.0909. The molecule has 0 aromatic heterocycles. The molecule has 5 nitrogen and oxygen atoms in total. The summed E-state index contributed by atoms with van der Waals surface area (Å²) in [6.45, 7) is -0.247. The maximum atomic E-state index is 12.6. The van der Waals surface area contributed by atoms with E-state index in [1.807, 2.05) is 48.5 Å². The molecule has 0 fully saturated rings. The molecule has 3 aromatic rings. The van der Waals surface area contributed by atoms with Gasteiger partial charge < -0.3 is 15.8 Å². The molecule has 0 bridgehead atoms. The Labute approximate surface area is 167 Å². The number of hydrogen-bond acceptors (Lipinski definition) is 3. The smallest absolute Gasteiger partial charge is 0.258 e. The lowest BCUT2D eigenvalue weighted by Crippen LogP contribution is -2.32. The van der Waals surface area contributed by atoms with Crippen LogP contribution in [0.4, 0.5) is 0 Å². The van der Waals surface area contributed by atoms with Crippen LogP contribution >= 0.6 is 11.6 Å². The van der Waals surface area contributed by atoms with E-state index in [1.54, 1.807) is 6.07 Å². The van der Waals surface area contributed by atoms with E-state index in [1.165, 1.54) is 12.1 Å². The van der Waals surface area contributed by atoms with Crippen LogP contribution in [0.1, 0.15) is 27.5 Å². The van der Waals surface area contributed by atoms with Gasteiger partial charge in [-0.05, 0) is 40.5 Å². The van der Waals surface area contributed by atoms with Crippen LogP contribution in [0.3, 0.4) is 0 Å². The van der Waals surface area contributed by atoms with E-state index in [-0.39, 0.29) is 29.9 Å². The van der Waals surface area contributed by atoms with Crippen molar-refractivity contribution < 1.29 is 14.3 Å². The Balaban J connectivity index is 1.52. The SMILES string of the molecule is NC(=O)c1cc(Cl)ccc1OCC(=O)NC1c2ccccc2-c2ccccc21. The zero-order chi connectivity index (χ0) is 19.7. The Kier molecular flexibility index (Phi) is 4.75. The van der Waals surface area contributed by atoms with Gasteiger partial charge in [0.15, 0.2) is 6.61 Å². The molecule has 1 aliphatic carbocycles. The molecule has 3 aromatic carbocycles. The molecule has 0 radical (unpaired) electrons. The number of ether oxygens (including phenoxy) is 1. The number of carbonyl (C=O) groups excluding carboxylic acids is 2. The number of rotatable bonds is 5. The van der Waals surface area contributed by atoms with Gasteiger partial charge >= 0.3 is 0 Å². The van der Waals surface area contributed by atoms with Crippen molar-refractivity contribution in [1.82, 2.24) is 5.32 Å². The van der Waals surface area contributed by atoms with Crippen molar-refractivity contribution in [2.24, 2.45) is 5.73 Å². The first-order valence-corrected chi connectivity index (χ1v) is 9.12. The van der Waals surface area contributed by atoms with E-state index in [4.69, 9.17) is 22.1 Å². The minimum atomic E-state index is -0.670. The van der Waals surface area contributed by atoms with Crippen molar-refractivity contribution in [2.45, 2.75) is 6.04 Å². The van der Waals surface area contributed by atoms with Crippen molar-refractivity contribution >= 4 is 23.4 Å². The first-order valence-electron chi connectivity index (χ1n) is 8.74. The summed E-state index contributed by atoms with van der Waals surface area (Å²) in [5, 5.41) is 3.38. The quantitative estimate of drug-likeness (QED) is 0.694. The number of carbonyl (C=O) groups is 2. The summed E-state index contributed by atoms with van der Waals surface area (Å²) in [6, 6.07) is 20.2. The molecule has 0 aliphatic heterocycles. The number of nitrogens with two attached hydrogens (primary N) is 1. The molecule has 6 heteroatoms. The Hall–Kier alpha value is -3.31. The molecule has 0 saturated carbocycles. The van der Waals surface area contributed by atoms with E-state index < -0.39 is 5.91 Å². The molecule has 0 spiro atoms. The molecule has 0 unspecified atom stereocenters. The summed E-state index contributed by atoms with van der Waals surface area (Å²) in [4.78, 5) is 24.1. The highest BCUT2D eigenvalue weighted by Gasteiger charge is 2.29. The van der Waals surface area contributed by atoms with Gasteiger partial charge in [-0.2, -0.15) is 0 Å². The maximum Gasteiger partial charge on any atom is 0.258 e. The van der Waals surface area contributed by atoms with Crippen LogP contribution in [0, 0.1) is 0 Å². The van der Waals surface area contributed by atoms with E-state index in [2.05, 4.69) is 5.32 Å². The zero-order valence-electron chi connectivity index (χ0n) is 14.8. The van der Waals surface area contributed by atoms with Crippen molar-refractivity contribution in [3.8, 4) is 16.9 Å². The van der Waals surface area contributed by atoms with Crippen molar-refractivity contribution in [1.29, 1.82) is 0 Å². The predicted molar refractivity (Wildman–Crippen MR) is 107 cm³/mol. The molecule has 1 aliphatic rings. The largest absolute Gasteiger partial charge is 0.483 e. The lowest BCUT2D eigenvalue weighted by atomic mass is 10.1. The average Bonchev–Trinajstić information content (AvgIpc) is 3.01. The Morgan fingerprint density at radius 1 is 0.964 bits per heavy atom. The monoisotopic (exact) mass is 392 g/mol. The third-order valence-electron chi connectivity index (χ3n) is 4.70. The van der Waals surface area contributed by atoms with Crippen LogP contribution < -0.4 is 15.8 Å². The summed E-state index contributed by atoms with van der Waals surface area (Å²) < 4.78 is 5.53. The zero-order valence-corrected chi connectivity index (χ0v) is 15.6. The summed E-state index contributed by atoms with van der Waals surface area (Å²) in [5.74, 6) is -0.752. The molecule has 3 N–H and O–H groups in total. The highest BCUT2D eigenvalue weighted by molar-refractivity contribution is 6.31. The van der Waals surface area contributed by atoms with Crippen molar-refractivity contribution in [2.75, 3.05) is 6.61 Å². The van der Waals surface area contributed by atoms with Crippen LogP contribution in [0.25, 0.3) is 11.1 Å². The van der Waals surface area contributed by atoms with Gasteiger partial charge in [-0.3, -0.25) is 9.59 Å². The number of nitrogens with one attached hydrogen (secondary N) is 1. The second kappa shape index (κ2) is 7.37. The number of amides is 2. The summed E-state index contributed by atoms with van der Waals surface area (Å²) in [7, 11) is 0. The lowest BCUT2D eigenvalue weighted by molar-refractivity contribution is -0.123. The minimum Gasteiger partial charge on any atom is -0.483 e. The van der Waals surface area contributed by atoms with Crippen LogP contribution in [0.15, 0.2) is 66.7 Å². The number of primary amides is 1. The van der Waals surface area contributed by atoms with E-state index in [0.717, 1.165) is 22.3 Å². The Morgan fingerprint density at radius 3 is 2.18 bits per heavy atom. The third-order valence-corrected chi connectivity index (χ3v) is 4.94. The van der Waals surface area contributed by atoms with Crippen molar-refractivity contribution in [3.05, 3.63) is 88.4 Å². The first kappa shape index (κ1) is 18.1. The van der Waals surface area contributed by atoms with Gasteiger partial charge in [0, 0.05) is 5.02 Å². The second-order valence-corrected chi connectivity index (χ2v) is 6.90. The second-order valence-electron chi connectivity index (χ2n) is 6.47. The molecule has 28 heavy (non-hydrogen) atoms. The normalized spacial score (nSPS) is 12.2. The summed E-state index contributed by atoms with van der Waals surface area (Å²) in [6.07, 6.45) is 0. The van der Waals surface area contributed by atoms with Crippen LogP contribution in [-0.4, -0.2) is 18.4 Å². The van der Waals surface area contributed by atoms with Gasteiger partial charge in [0.2, 0.25) is 0 Å².